The van der Waals surface area contributed by atoms with E-state index in [2.05, 4.69) is 42.0 Å². The Hall–Kier alpha value is -1.31. The molecule has 0 radical (unpaired) electrons. The van der Waals surface area contributed by atoms with Gasteiger partial charge in [-0.05, 0) is 18.4 Å². The normalized spacial score (nSPS) is 9.12. The minimum absolute atomic E-state index is 0.245. The molecule has 1 rings (SSSR count). The van der Waals surface area contributed by atoms with E-state index < -0.39 is 0 Å². The summed E-state index contributed by atoms with van der Waals surface area (Å²) in [6.07, 6.45) is 6.69. The van der Waals surface area contributed by atoms with Crippen molar-refractivity contribution in [3.63, 3.8) is 0 Å². The summed E-state index contributed by atoms with van der Waals surface area (Å²) in [5, 5.41) is 0. The molecule has 0 saturated heterocycles. The summed E-state index contributed by atoms with van der Waals surface area (Å²) < 4.78 is 4.11. The molecule has 0 amide bonds. The fourth-order valence-corrected chi connectivity index (χ4v) is 1.40. The van der Waals surface area contributed by atoms with Gasteiger partial charge in [-0.2, -0.15) is 0 Å². The summed E-state index contributed by atoms with van der Waals surface area (Å²) in [4.78, 5) is 9.59. The maximum atomic E-state index is 9.59. The highest BCUT2D eigenvalue weighted by Crippen LogP contribution is 2.06. The van der Waals surface area contributed by atoms with Gasteiger partial charge in [-0.1, -0.05) is 56.5 Å². The minimum atomic E-state index is -0.245. The van der Waals surface area contributed by atoms with Crippen LogP contribution in [-0.4, -0.2) is 13.1 Å². The van der Waals surface area contributed by atoms with Gasteiger partial charge in [-0.3, -0.25) is 4.79 Å². The number of hydrogen-bond acceptors (Lipinski definition) is 2. The highest BCUT2D eigenvalue weighted by atomic mass is 16.5. The first-order valence-corrected chi connectivity index (χ1v) is 6.29. The quantitative estimate of drug-likeness (QED) is 0.571. The van der Waals surface area contributed by atoms with E-state index >= 15 is 0 Å². The number of aryl methyl sites for hydroxylation is 1. The molecule has 0 unspecified atom stereocenters. The van der Waals surface area contributed by atoms with E-state index in [1.165, 1.54) is 51.7 Å². The summed E-state index contributed by atoms with van der Waals surface area (Å²) in [7, 11) is 1.35. The number of hydrogen-bond donors (Lipinski definition) is 0. The van der Waals surface area contributed by atoms with Crippen molar-refractivity contribution in [3.05, 3.63) is 35.9 Å². The second kappa shape index (κ2) is 11.2. The van der Waals surface area contributed by atoms with Crippen molar-refractivity contribution in [2.75, 3.05) is 7.11 Å². The van der Waals surface area contributed by atoms with Gasteiger partial charge in [0.25, 0.3) is 0 Å². The maximum Gasteiger partial charge on any atom is 0.302 e. The van der Waals surface area contributed by atoms with Crippen LogP contribution in [0, 0.1) is 0 Å². The SMILES string of the molecule is CCCCCCc1ccccc1.COC(C)=O. The molecule has 96 valence electrons. The van der Waals surface area contributed by atoms with Crippen molar-refractivity contribution in [1.29, 1.82) is 0 Å². The molecule has 0 fully saturated rings. The Kier molecular flexibility index (Phi) is 10.3. The van der Waals surface area contributed by atoms with Crippen molar-refractivity contribution in [2.45, 2.75) is 46.0 Å². The zero-order valence-electron chi connectivity index (χ0n) is 11.2. The molecule has 0 N–H and O–H groups in total. The van der Waals surface area contributed by atoms with Gasteiger partial charge in [0, 0.05) is 6.92 Å². The third-order valence-electron chi connectivity index (χ3n) is 2.45. The predicted octanol–water partition coefficient (Wildman–Crippen LogP) is 3.99. The molecule has 0 aromatic heterocycles. The second-order valence-electron chi connectivity index (χ2n) is 3.99. The number of carbonyl (C=O) groups excluding carboxylic acids is 1. The zero-order chi connectivity index (χ0) is 12.9. The van der Waals surface area contributed by atoms with Crippen molar-refractivity contribution >= 4 is 5.97 Å². The largest absolute Gasteiger partial charge is 0.469 e. The van der Waals surface area contributed by atoms with Crippen LogP contribution in [0.25, 0.3) is 0 Å². The third-order valence-corrected chi connectivity index (χ3v) is 2.45. The Morgan fingerprint density at radius 2 is 1.71 bits per heavy atom. The molecule has 0 saturated carbocycles. The van der Waals surface area contributed by atoms with Gasteiger partial charge >= 0.3 is 5.97 Å². The Labute approximate surface area is 105 Å². The molecule has 2 nitrogen and oxygen atoms in total. The number of ether oxygens (including phenoxy) is 1. The van der Waals surface area contributed by atoms with Crippen molar-refractivity contribution in [2.24, 2.45) is 0 Å². The number of carbonyl (C=O) groups is 1. The molecule has 0 heterocycles. The molecule has 0 atom stereocenters. The first-order chi connectivity index (χ1) is 8.20. The van der Waals surface area contributed by atoms with Gasteiger partial charge < -0.3 is 4.74 Å². The summed E-state index contributed by atoms with van der Waals surface area (Å²) in [5.41, 5.74) is 1.48. The lowest BCUT2D eigenvalue weighted by molar-refractivity contribution is -0.137. The second-order valence-corrected chi connectivity index (χ2v) is 3.99. The average Bonchev–Trinajstić information content (AvgIpc) is 2.37. The standard InChI is InChI=1S/C12H18.C3H6O2/c1-2-3-4-6-9-12-10-7-5-8-11-12;1-3(4)5-2/h5,7-8,10-11H,2-4,6,9H2,1H3;1-2H3. The first kappa shape index (κ1) is 15.7. The molecule has 0 aliphatic carbocycles. The molecule has 0 bridgehead atoms. The van der Waals surface area contributed by atoms with Gasteiger partial charge in [0.05, 0.1) is 7.11 Å². The monoisotopic (exact) mass is 236 g/mol. The molecule has 1 aromatic carbocycles. The zero-order valence-corrected chi connectivity index (χ0v) is 11.2. The smallest absolute Gasteiger partial charge is 0.302 e. The molecule has 1 aromatic rings. The lowest BCUT2D eigenvalue weighted by atomic mass is 10.1. The number of unbranched alkanes of at least 4 members (excludes halogenated alkanes) is 3. The van der Waals surface area contributed by atoms with Crippen LogP contribution in [0.2, 0.25) is 0 Å². The van der Waals surface area contributed by atoms with E-state index in [-0.39, 0.29) is 5.97 Å². The van der Waals surface area contributed by atoms with Crippen molar-refractivity contribution < 1.29 is 9.53 Å². The van der Waals surface area contributed by atoms with Gasteiger partial charge in [-0.25, -0.2) is 0 Å². The lowest BCUT2D eigenvalue weighted by Crippen LogP contribution is -1.88. The van der Waals surface area contributed by atoms with Gasteiger partial charge in [-0.15, -0.1) is 0 Å². The predicted molar refractivity (Wildman–Crippen MR) is 72.0 cm³/mol. The average molecular weight is 236 g/mol. The highest BCUT2D eigenvalue weighted by molar-refractivity contribution is 5.65. The molecular weight excluding hydrogens is 212 g/mol. The summed E-state index contributed by atoms with van der Waals surface area (Å²) in [6, 6.07) is 10.7. The van der Waals surface area contributed by atoms with Crippen LogP contribution in [0.3, 0.4) is 0 Å². The highest BCUT2D eigenvalue weighted by Gasteiger charge is 1.90. The Bertz CT molecular complexity index is 280. The third kappa shape index (κ3) is 11.0. The lowest BCUT2D eigenvalue weighted by Gasteiger charge is -1.99. The fraction of sp³-hybridized carbons (Fsp3) is 0.533. The summed E-state index contributed by atoms with van der Waals surface area (Å²) >= 11 is 0. The van der Waals surface area contributed by atoms with E-state index in [1.807, 2.05) is 0 Å². The Morgan fingerprint density at radius 1 is 1.12 bits per heavy atom. The van der Waals surface area contributed by atoms with Crippen molar-refractivity contribution in [3.8, 4) is 0 Å². The van der Waals surface area contributed by atoms with E-state index in [9.17, 15) is 4.79 Å². The first-order valence-electron chi connectivity index (χ1n) is 6.29. The van der Waals surface area contributed by atoms with Crippen LogP contribution in [0.1, 0.15) is 45.1 Å². The molecule has 0 aliphatic rings. The van der Waals surface area contributed by atoms with Crippen LogP contribution in [0.15, 0.2) is 30.3 Å². The molecule has 17 heavy (non-hydrogen) atoms. The van der Waals surface area contributed by atoms with Crippen LogP contribution in [-0.2, 0) is 16.0 Å². The van der Waals surface area contributed by atoms with E-state index in [0.717, 1.165) is 0 Å². The van der Waals surface area contributed by atoms with Crippen LogP contribution in [0.4, 0.5) is 0 Å². The fourth-order valence-electron chi connectivity index (χ4n) is 1.40. The number of rotatable bonds is 5. The Balaban J connectivity index is 0.000000437. The number of benzene rings is 1. The van der Waals surface area contributed by atoms with Crippen LogP contribution in [0.5, 0.6) is 0 Å². The van der Waals surface area contributed by atoms with Crippen LogP contribution >= 0.6 is 0 Å². The number of esters is 1. The minimum Gasteiger partial charge on any atom is -0.469 e. The Morgan fingerprint density at radius 3 is 2.18 bits per heavy atom. The molecule has 0 aliphatic heterocycles. The summed E-state index contributed by atoms with van der Waals surface area (Å²) in [6.45, 7) is 3.61. The maximum absolute atomic E-state index is 9.59. The molecule has 0 spiro atoms. The van der Waals surface area contributed by atoms with E-state index in [4.69, 9.17) is 0 Å². The van der Waals surface area contributed by atoms with E-state index in [1.54, 1.807) is 0 Å². The number of methoxy groups -OCH3 is 1. The summed E-state index contributed by atoms with van der Waals surface area (Å²) in [5.74, 6) is -0.245. The van der Waals surface area contributed by atoms with E-state index in [0.29, 0.717) is 0 Å². The van der Waals surface area contributed by atoms with Crippen molar-refractivity contribution in [1.82, 2.24) is 0 Å². The molecule has 2 heteroatoms. The van der Waals surface area contributed by atoms with Gasteiger partial charge in [0.15, 0.2) is 0 Å². The van der Waals surface area contributed by atoms with Gasteiger partial charge in [0.2, 0.25) is 0 Å². The van der Waals surface area contributed by atoms with Crippen LogP contribution < -0.4 is 0 Å². The molecular formula is C15H24O2. The van der Waals surface area contributed by atoms with Gasteiger partial charge in [0.1, 0.15) is 0 Å². The topological polar surface area (TPSA) is 26.3 Å².